The van der Waals surface area contributed by atoms with E-state index in [9.17, 15) is 0 Å². The van der Waals surface area contributed by atoms with Crippen LogP contribution >= 0.6 is 0 Å². The van der Waals surface area contributed by atoms with E-state index < -0.39 is 0 Å². The van der Waals surface area contributed by atoms with Gasteiger partial charge >= 0.3 is 0 Å². The monoisotopic (exact) mass is 253 g/mol. The molecule has 0 spiro atoms. The van der Waals surface area contributed by atoms with E-state index in [0.29, 0.717) is 5.92 Å². The lowest BCUT2D eigenvalue weighted by Crippen LogP contribution is -2.07. The first-order valence-corrected chi connectivity index (χ1v) is 7.03. The second kappa shape index (κ2) is 5.39. The molecule has 1 unspecified atom stereocenters. The predicted molar refractivity (Wildman–Crippen MR) is 77.4 cm³/mol. The summed E-state index contributed by atoms with van der Waals surface area (Å²) in [5.41, 5.74) is 2.85. The molecule has 1 aromatic heterocycles. The van der Waals surface area contributed by atoms with Crippen molar-refractivity contribution < 1.29 is 0 Å². The zero-order valence-electron chi connectivity index (χ0n) is 11.3. The summed E-state index contributed by atoms with van der Waals surface area (Å²) >= 11 is 0. The number of benzene rings is 1. The molecule has 0 saturated carbocycles. The van der Waals surface area contributed by atoms with Gasteiger partial charge in [0.1, 0.15) is 11.6 Å². The van der Waals surface area contributed by atoms with Gasteiger partial charge in [0, 0.05) is 18.7 Å². The lowest BCUT2D eigenvalue weighted by molar-refractivity contribution is 0.728. The summed E-state index contributed by atoms with van der Waals surface area (Å²) in [6, 6.07) is 10.6. The molecular formula is C16H19N3. The maximum atomic E-state index is 4.67. The Kier molecular flexibility index (Phi) is 3.45. The molecule has 1 N–H and O–H groups in total. The largest absolute Gasteiger partial charge is 0.370 e. The average Bonchev–Trinajstić information content (AvgIpc) is 2.89. The van der Waals surface area contributed by atoms with Gasteiger partial charge in [-0.3, -0.25) is 0 Å². The van der Waals surface area contributed by atoms with Gasteiger partial charge in [0.05, 0.1) is 0 Å². The van der Waals surface area contributed by atoms with Crippen LogP contribution < -0.4 is 5.32 Å². The molecule has 0 amide bonds. The number of aryl methyl sites for hydroxylation is 1. The minimum absolute atomic E-state index is 0.361. The molecule has 98 valence electrons. The van der Waals surface area contributed by atoms with Crippen LogP contribution in [0.2, 0.25) is 0 Å². The summed E-state index contributed by atoms with van der Waals surface area (Å²) in [6.07, 6.45) is 5.22. The summed E-state index contributed by atoms with van der Waals surface area (Å²) in [7, 11) is 0. The number of nitrogens with one attached hydrogen (secondary N) is 1. The van der Waals surface area contributed by atoms with Crippen molar-refractivity contribution in [3.63, 3.8) is 0 Å². The first-order chi connectivity index (χ1) is 9.38. The van der Waals surface area contributed by atoms with Gasteiger partial charge in [-0.2, -0.15) is 0 Å². The van der Waals surface area contributed by atoms with E-state index >= 15 is 0 Å². The van der Waals surface area contributed by atoms with Gasteiger partial charge < -0.3 is 5.32 Å². The predicted octanol–water partition coefficient (Wildman–Crippen LogP) is 3.38. The van der Waals surface area contributed by atoms with Gasteiger partial charge in [-0.05, 0) is 36.5 Å². The Morgan fingerprint density at radius 3 is 3.05 bits per heavy atom. The molecule has 1 atom stereocenters. The first kappa shape index (κ1) is 12.2. The maximum absolute atomic E-state index is 4.67. The van der Waals surface area contributed by atoms with Gasteiger partial charge in [-0.15, -0.1) is 0 Å². The highest BCUT2D eigenvalue weighted by molar-refractivity contribution is 5.40. The number of nitrogens with zero attached hydrogens (tertiary/aromatic N) is 2. The van der Waals surface area contributed by atoms with Gasteiger partial charge in [-0.1, -0.05) is 31.2 Å². The number of anilines is 1. The summed E-state index contributed by atoms with van der Waals surface area (Å²) < 4.78 is 0. The maximum Gasteiger partial charge on any atom is 0.138 e. The highest BCUT2D eigenvalue weighted by Crippen LogP contribution is 2.36. The van der Waals surface area contributed by atoms with Crippen LogP contribution in [0.1, 0.15) is 42.6 Å². The van der Waals surface area contributed by atoms with Crippen molar-refractivity contribution in [2.45, 2.75) is 32.1 Å². The van der Waals surface area contributed by atoms with Crippen molar-refractivity contribution in [1.29, 1.82) is 0 Å². The van der Waals surface area contributed by atoms with E-state index in [1.807, 2.05) is 12.3 Å². The first-order valence-electron chi connectivity index (χ1n) is 7.03. The van der Waals surface area contributed by atoms with E-state index in [0.717, 1.165) is 37.4 Å². The molecule has 0 saturated heterocycles. The van der Waals surface area contributed by atoms with Crippen LogP contribution in [0.25, 0.3) is 0 Å². The third kappa shape index (κ3) is 2.46. The standard InChI is InChI=1S/C16H19N3/c1-2-10-17-15-9-11-18-16(19-15)14-8-7-12-5-3-4-6-13(12)14/h3-6,9,11,14H,2,7-8,10H2,1H3,(H,17,18,19). The lowest BCUT2D eigenvalue weighted by Gasteiger charge is -2.11. The summed E-state index contributed by atoms with van der Waals surface area (Å²) in [5, 5.41) is 3.33. The van der Waals surface area contributed by atoms with Gasteiger partial charge in [-0.25, -0.2) is 9.97 Å². The molecule has 3 nitrogen and oxygen atoms in total. The Labute approximate surface area is 114 Å². The molecule has 1 heterocycles. The number of aromatic nitrogens is 2. The number of fused-ring (bicyclic) bond motifs is 1. The van der Waals surface area contributed by atoms with Gasteiger partial charge in [0.25, 0.3) is 0 Å². The van der Waals surface area contributed by atoms with E-state index in [4.69, 9.17) is 0 Å². The van der Waals surface area contributed by atoms with Crippen LogP contribution in [-0.2, 0) is 6.42 Å². The molecule has 0 aliphatic heterocycles. The van der Waals surface area contributed by atoms with Crippen molar-refractivity contribution in [3.8, 4) is 0 Å². The molecule has 0 radical (unpaired) electrons. The number of hydrogen-bond donors (Lipinski definition) is 1. The van der Waals surface area contributed by atoms with E-state index in [1.54, 1.807) is 0 Å². The van der Waals surface area contributed by atoms with Gasteiger partial charge in [0.15, 0.2) is 0 Å². The molecule has 1 aromatic carbocycles. The Bertz CT molecular complexity index is 565. The van der Waals surface area contributed by atoms with Crippen LogP contribution in [0.3, 0.4) is 0 Å². The fraction of sp³-hybridized carbons (Fsp3) is 0.375. The Hall–Kier alpha value is -1.90. The number of hydrogen-bond acceptors (Lipinski definition) is 3. The molecule has 3 rings (SSSR count). The molecule has 1 aliphatic rings. The molecule has 0 bridgehead atoms. The summed E-state index contributed by atoms with van der Waals surface area (Å²) in [5.74, 6) is 2.25. The molecule has 1 aliphatic carbocycles. The van der Waals surface area contributed by atoms with Crippen LogP contribution in [0.15, 0.2) is 36.5 Å². The molecule has 0 fully saturated rings. The zero-order valence-corrected chi connectivity index (χ0v) is 11.3. The minimum atomic E-state index is 0.361. The summed E-state index contributed by atoms with van der Waals surface area (Å²) in [6.45, 7) is 3.11. The third-order valence-electron chi connectivity index (χ3n) is 3.67. The van der Waals surface area contributed by atoms with Crippen LogP contribution in [0.4, 0.5) is 5.82 Å². The third-order valence-corrected chi connectivity index (χ3v) is 3.67. The Balaban J connectivity index is 1.87. The molecular weight excluding hydrogens is 234 g/mol. The van der Waals surface area contributed by atoms with E-state index in [2.05, 4.69) is 46.5 Å². The lowest BCUT2D eigenvalue weighted by atomic mass is 10.0. The fourth-order valence-corrected chi connectivity index (χ4v) is 2.72. The smallest absolute Gasteiger partial charge is 0.138 e. The topological polar surface area (TPSA) is 37.8 Å². The van der Waals surface area contributed by atoms with Gasteiger partial charge in [0.2, 0.25) is 0 Å². The van der Waals surface area contributed by atoms with Crippen molar-refractivity contribution in [2.75, 3.05) is 11.9 Å². The minimum Gasteiger partial charge on any atom is -0.370 e. The van der Waals surface area contributed by atoms with Crippen molar-refractivity contribution in [2.24, 2.45) is 0 Å². The average molecular weight is 253 g/mol. The normalized spacial score (nSPS) is 17.2. The van der Waals surface area contributed by atoms with Crippen LogP contribution in [0.5, 0.6) is 0 Å². The highest BCUT2D eigenvalue weighted by Gasteiger charge is 2.25. The SMILES string of the molecule is CCCNc1ccnc(C2CCc3ccccc32)n1. The van der Waals surface area contributed by atoms with Crippen molar-refractivity contribution in [1.82, 2.24) is 9.97 Å². The van der Waals surface area contributed by atoms with E-state index in [-0.39, 0.29) is 0 Å². The highest BCUT2D eigenvalue weighted by atomic mass is 15.0. The fourth-order valence-electron chi connectivity index (χ4n) is 2.72. The summed E-state index contributed by atoms with van der Waals surface area (Å²) in [4.78, 5) is 9.15. The number of rotatable bonds is 4. The second-order valence-electron chi connectivity index (χ2n) is 5.02. The molecule has 2 aromatic rings. The van der Waals surface area contributed by atoms with Crippen molar-refractivity contribution in [3.05, 3.63) is 53.5 Å². The zero-order chi connectivity index (χ0) is 13.1. The Morgan fingerprint density at radius 1 is 1.26 bits per heavy atom. The van der Waals surface area contributed by atoms with Crippen molar-refractivity contribution >= 4 is 5.82 Å². The van der Waals surface area contributed by atoms with Crippen LogP contribution in [0, 0.1) is 0 Å². The molecule has 3 heteroatoms. The van der Waals surface area contributed by atoms with E-state index in [1.165, 1.54) is 11.1 Å². The quantitative estimate of drug-likeness (QED) is 0.907. The van der Waals surface area contributed by atoms with Crippen LogP contribution in [-0.4, -0.2) is 16.5 Å². The Morgan fingerprint density at radius 2 is 2.16 bits per heavy atom. The molecule has 19 heavy (non-hydrogen) atoms. The second-order valence-corrected chi connectivity index (χ2v) is 5.02.